The predicted octanol–water partition coefficient (Wildman–Crippen LogP) is 2.00. The van der Waals surface area contributed by atoms with Gasteiger partial charge in [-0.2, -0.15) is 0 Å². The molecule has 1 aromatic heterocycles. The van der Waals surface area contributed by atoms with Gasteiger partial charge in [0.05, 0.1) is 12.8 Å². The van der Waals surface area contributed by atoms with Crippen molar-refractivity contribution in [1.29, 1.82) is 0 Å². The second-order valence-electron chi connectivity index (χ2n) is 4.96. The van der Waals surface area contributed by atoms with Crippen molar-refractivity contribution in [3.63, 3.8) is 0 Å². The van der Waals surface area contributed by atoms with Gasteiger partial charge in [0.15, 0.2) is 0 Å². The fourth-order valence-corrected chi connectivity index (χ4v) is 3.14. The van der Waals surface area contributed by atoms with Gasteiger partial charge in [0.1, 0.15) is 5.76 Å². The van der Waals surface area contributed by atoms with Gasteiger partial charge < -0.3 is 9.73 Å². The van der Waals surface area contributed by atoms with Gasteiger partial charge in [-0.3, -0.25) is 4.90 Å². The molecule has 3 nitrogen and oxygen atoms in total. The maximum absolute atomic E-state index is 5.45. The summed E-state index contributed by atoms with van der Waals surface area (Å²) in [7, 11) is 0. The van der Waals surface area contributed by atoms with Crippen molar-refractivity contribution >= 4 is 0 Å². The highest BCUT2D eigenvalue weighted by atomic mass is 16.3. The molecule has 1 aromatic rings. The molecule has 0 unspecified atom stereocenters. The maximum Gasteiger partial charge on any atom is 0.117 e. The number of piperazine rings is 1. The molecule has 0 aromatic carbocycles. The first kappa shape index (κ1) is 10.4. The number of nitrogens with one attached hydrogen (secondary N) is 1. The summed E-state index contributed by atoms with van der Waals surface area (Å²) in [6.45, 7) is 3.26. The largest absolute Gasteiger partial charge is 0.468 e. The van der Waals surface area contributed by atoms with E-state index in [-0.39, 0.29) is 0 Å². The van der Waals surface area contributed by atoms with E-state index in [1.54, 1.807) is 6.26 Å². The third kappa shape index (κ3) is 2.02. The lowest BCUT2D eigenvalue weighted by molar-refractivity contribution is 0.0754. The molecule has 2 atom stereocenters. The molecule has 1 saturated heterocycles. The Kier molecular flexibility index (Phi) is 2.98. The highest BCUT2D eigenvalue weighted by molar-refractivity contribution is 5.01. The van der Waals surface area contributed by atoms with Gasteiger partial charge in [-0.25, -0.2) is 0 Å². The van der Waals surface area contributed by atoms with Crippen molar-refractivity contribution in [3.8, 4) is 0 Å². The van der Waals surface area contributed by atoms with Crippen molar-refractivity contribution in [3.05, 3.63) is 24.2 Å². The second-order valence-corrected chi connectivity index (χ2v) is 4.96. The van der Waals surface area contributed by atoms with Crippen LogP contribution in [0, 0.1) is 0 Å². The number of furan rings is 1. The molecular weight excluding hydrogens is 200 g/mol. The van der Waals surface area contributed by atoms with Gasteiger partial charge in [0.2, 0.25) is 0 Å². The lowest BCUT2D eigenvalue weighted by Crippen LogP contribution is -2.58. The average molecular weight is 220 g/mol. The van der Waals surface area contributed by atoms with E-state index in [4.69, 9.17) is 4.42 Å². The second kappa shape index (κ2) is 4.60. The van der Waals surface area contributed by atoms with Gasteiger partial charge in [0, 0.05) is 25.2 Å². The Morgan fingerprint density at radius 1 is 1.38 bits per heavy atom. The van der Waals surface area contributed by atoms with Crippen molar-refractivity contribution in [1.82, 2.24) is 10.2 Å². The van der Waals surface area contributed by atoms with Crippen LogP contribution in [0.5, 0.6) is 0 Å². The Labute approximate surface area is 96.8 Å². The molecule has 2 fully saturated rings. The Bertz CT molecular complexity index is 321. The Morgan fingerprint density at radius 3 is 3.19 bits per heavy atom. The highest BCUT2D eigenvalue weighted by Gasteiger charge is 2.32. The van der Waals surface area contributed by atoms with Gasteiger partial charge >= 0.3 is 0 Å². The molecule has 1 saturated carbocycles. The fourth-order valence-electron chi connectivity index (χ4n) is 3.14. The maximum atomic E-state index is 5.45. The van der Waals surface area contributed by atoms with E-state index in [1.165, 1.54) is 25.7 Å². The molecule has 3 rings (SSSR count). The summed E-state index contributed by atoms with van der Waals surface area (Å²) in [5, 5.41) is 3.66. The minimum absolute atomic E-state index is 0.720. The summed E-state index contributed by atoms with van der Waals surface area (Å²) in [6.07, 6.45) is 7.24. The third-order valence-corrected chi connectivity index (χ3v) is 3.94. The van der Waals surface area contributed by atoms with E-state index >= 15 is 0 Å². The van der Waals surface area contributed by atoms with E-state index < -0.39 is 0 Å². The average Bonchev–Trinajstić information content (AvgIpc) is 2.82. The summed E-state index contributed by atoms with van der Waals surface area (Å²) in [5.74, 6) is 1.10. The van der Waals surface area contributed by atoms with Crippen molar-refractivity contribution in [2.45, 2.75) is 44.3 Å². The minimum atomic E-state index is 0.720. The normalized spacial score (nSPS) is 31.2. The molecule has 0 bridgehead atoms. The number of rotatable bonds is 2. The smallest absolute Gasteiger partial charge is 0.117 e. The van der Waals surface area contributed by atoms with Crippen molar-refractivity contribution < 1.29 is 4.42 Å². The Hall–Kier alpha value is -0.800. The van der Waals surface area contributed by atoms with E-state index in [9.17, 15) is 0 Å². The first-order valence-electron chi connectivity index (χ1n) is 6.43. The van der Waals surface area contributed by atoms with Crippen LogP contribution in [0.15, 0.2) is 22.8 Å². The lowest BCUT2D eigenvalue weighted by Gasteiger charge is -2.44. The summed E-state index contributed by atoms with van der Waals surface area (Å²) in [5.41, 5.74) is 0. The number of hydrogen-bond acceptors (Lipinski definition) is 3. The quantitative estimate of drug-likeness (QED) is 0.826. The van der Waals surface area contributed by atoms with Crippen LogP contribution >= 0.6 is 0 Å². The standard InChI is InChI=1S/C13H20N2O/c1-2-6-13-12(5-1)14-7-8-15(13)10-11-4-3-9-16-11/h3-4,9,12-14H,1-2,5-8,10H2/t12-,13-/m0/s1. The molecule has 88 valence electrons. The van der Waals surface area contributed by atoms with Gasteiger partial charge in [-0.05, 0) is 25.0 Å². The summed E-state index contributed by atoms with van der Waals surface area (Å²) in [4.78, 5) is 2.60. The van der Waals surface area contributed by atoms with Crippen LogP contribution in [0.4, 0.5) is 0 Å². The number of hydrogen-bond donors (Lipinski definition) is 1. The van der Waals surface area contributed by atoms with Crippen LogP contribution in [0.25, 0.3) is 0 Å². The van der Waals surface area contributed by atoms with Crippen LogP contribution in [0.1, 0.15) is 31.4 Å². The minimum Gasteiger partial charge on any atom is -0.468 e. The molecular formula is C13H20N2O. The summed E-state index contributed by atoms with van der Waals surface area (Å²) < 4.78 is 5.45. The van der Waals surface area contributed by atoms with E-state index in [0.717, 1.165) is 37.5 Å². The van der Waals surface area contributed by atoms with Crippen LogP contribution in [-0.4, -0.2) is 30.1 Å². The predicted molar refractivity (Wildman–Crippen MR) is 63.2 cm³/mol. The zero-order valence-corrected chi connectivity index (χ0v) is 9.69. The molecule has 3 heteroatoms. The van der Waals surface area contributed by atoms with Crippen LogP contribution in [0.2, 0.25) is 0 Å². The summed E-state index contributed by atoms with van der Waals surface area (Å²) >= 11 is 0. The monoisotopic (exact) mass is 220 g/mol. The molecule has 1 N–H and O–H groups in total. The number of nitrogens with zero attached hydrogens (tertiary/aromatic N) is 1. The van der Waals surface area contributed by atoms with Crippen molar-refractivity contribution in [2.24, 2.45) is 0 Å². The first-order chi connectivity index (χ1) is 7.93. The van der Waals surface area contributed by atoms with Crippen LogP contribution in [-0.2, 0) is 6.54 Å². The van der Waals surface area contributed by atoms with Crippen molar-refractivity contribution in [2.75, 3.05) is 13.1 Å². The topological polar surface area (TPSA) is 28.4 Å². The summed E-state index contributed by atoms with van der Waals surface area (Å²) in [6, 6.07) is 5.51. The molecule has 0 spiro atoms. The molecule has 1 aliphatic heterocycles. The molecule has 1 aliphatic carbocycles. The van der Waals surface area contributed by atoms with Crippen LogP contribution < -0.4 is 5.32 Å². The van der Waals surface area contributed by atoms with Gasteiger partial charge in [-0.15, -0.1) is 0 Å². The van der Waals surface area contributed by atoms with Gasteiger partial charge in [0.25, 0.3) is 0 Å². The van der Waals surface area contributed by atoms with E-state index in [0.29, 0.717) is 0 Å². The van der Waals surface area contributed by atoms with Gasteiger partial charge in [-0.1, -0.05) is 12.8 Å². The fraction of sp³-hybridized carbons (Fsp3) is 0.692. The first-order valence-corrected chi connectivity index (χ1v) is 6.43. The van der Waals surface area contributed by atoms with E-state index in [1.807, 2.05) is 6.07 Å². The highest BCUT2D eigenvalue weighted by Crippen LogP contribution is 2.26. The lowest BCUT2D eigenvalue weighted by atomic mass is 9.87. The Balaban J connectivity index is 1.68. The molecule has 2 heterocycles. The SMILES string of the molecule is c1coc(CN2CCN[C@H]3CCCC[C@@H]32)c1. The number of fused-ring (bicyclic) bond motifs is 1. The molecule has 2 aliphatic rings. The van der Waals surface area contributed by atoms with Crippen LogP contribution in [0.3, 0.4) is 0 Å². The zero-order valence-electron chi connectivity index (χ0n) is 9.69. The molecule has 0 amide bonds. The third-order valence-electron chi connectivity index (χ3n) is 3.94. The molecule has 0 radical (unpaired) electrons. The zero-order chi connectivity index (χ0) is 10.8. The Morgan fingerprint density at radius 2 is 2.31 bits per heavy atom. The molecule has 16 heavy (non-hydrogen) atoms. The van der Waals surface area contributed by atoms with E-state index in [2.05, 4.69) is 16.3 Å².